The van der Waals surface area contributed by atoms with E-state index >= 15 is 0 Å². The molecule has 2 rings (SSSR count). The van der Waals surface area contributed by atoms with Gasteiger partial charge in [0.15, 0.2) is 4.77 Å². The molecule has 0 amide bonds. The first kappa shape index (κ1) is 7.92. The van der Waals surface area contributed by atoms with Crippen molar-refractivity contribution in [2.45, 2.75) is 31.6 Å². The number of nitrogens with zero attached hydrogens (tertiary/aromatic N) is 1. The summed E-state index contributed by atoms with van der Waals surface area (Å²) in [6.45, 7) is 0. The monoisotopic (exact) mass is 180 g/mol. The molecule has 3 heteroatoms. The summed E-state index contributed by atoms with van der Waals surface area (Å²) in [6, 6.07) is 0. The van der Waals surface area contributed by atoms with Gasteiger partial charge in [-0.2, -0.15) is 0 Å². The molecule has 2 nitrogen and oxygen atoms in total. The van der Waals surface area contributed by atoms with Gasteiger partial charge in [0, 0.05) is 12.4 Å². The summed E-state index contributed by atoms with van der Waals surface area (Å²) in [7, 11) is 0. The van der Waals surface area contributed by atoms with Crippen molar-refractivity contribution in [1.29, 1.82) is 0 Å². The van der Waals surface area contributed by atoms with Crippen molar-refractivity contribution < 1.29 is 0 Å². The third-order valence-electron chi connectivity index (χ3n) is 2.52. The Kier molecular flexibility index (Phi) is 2.21. The van der Waals surface area contributed by atoms with E-state index in [4.69, 9.17) is 12.2 Å². The molecule has 0 saturated heterocycles. The number of hydrogen-bond donors (Lipinski definition) is 1. The van der Waals surface area contributed by atoms with E-state index in [0.29, 0.717) is 4.77 Å². The van der Waals surface area contributed by atoms with Gasteiger partial charge in [0.25, 0.3) is 0 Å². The van der Waals surface area contributed by atoms with Crippen molar-refractivity contribution in [2.24, 2.45) is 0 Å². The lowest BCUT2D eigenvalue weighted by Crippen LogP contribution is -1.94. The van der Waals surface area contributed by atoms with E-state index in [1.807, 2.05) is 12.4 Å². The molecule has 1 aromatic rings. The Bertz CT molecular complexity index is 292. The van der Waals surface area contributed by atoms with Gasteiger partial charge in [-0.05, 0) is 36.5 Å². The SMILES string of the molecule is S=c1ncc(C2CCCC2)c[nH]1. The summed E-state index contributed by atoms with van der Waals surface area (Å²) in [6.07, 6.45) is 9.26. The summed E-state index contributed by atoms with van der Waals surface area (Å²) in [5.74, 6) is 0.726. The molecule has 0 bridgehead atoms. The van der Waals surface area contributed by atoms with E-state index in [9.17, 15) is 0 Å². The number of nitrogens with one attached hydrogen (secondary N) is 1. The van der Waals surface area contributed by atoms with Crippen molar-refractivity contribution in [1.82, 2.24) is 9.97 Å². The van der Waals surface area contributed by atoms with Crippen LogP contribution in [0.25, 0.3) is 0 Å². The van der Waals surface area contributed by atoms with Crippen molar-refractivity contribution in [3.63, 3.8) is 0 Å². The number of aromatic amines is 1. The van der Waals surface area contributed by atoms with E-state index in [2.05, 4.69) is 9.97 Å². The molecule has 0 atom stereocenters. The summed E-state index contributed by atoms with van der Waals surface area (Å²) in [5.41, 5.74) is 1.32. The van der Waals surface area contributed by atoms with Crippen molar-refractivity contribution in [2.75, 3.05) is 0 Å². The fourth-order valence-corrected chi connectivity index (χ4v) is 1.95. The number of aromatic nitrogens is 2. The zero-order valence-corrected chi connectivity index (χ0v) is 7.73. The zero-order chi connectivity index (χ0) is 8.39. The molecular formula is C9H12N2S. The van der Waals surface area contributed by atoms with Crippen LogP contribution in [-0.4, -0.2) is 9.97 Å². The van der Waals surface area contributed by atoms with E-state index in [0.717, 1.165) is 5.92 Å². The topological polar surface area (TPSA) is 28.7 Å². The van der Waals surface area contributed by atoms with Gasteiger partial charge < -0.3 is 4.98 Å². The van der Waals surface area contributed by atoms with Crippen LogP contribution in [0.4, 0.5) is 0 Å². The van der Waals surface area contributed by atoms with Gasteiger partial charge in [-0.15, -0.1) is 0 Å². The minimum Gasteiger partial charge on any atom is -0.337 e. The second kappa shape index (κ2) is 3.35. The third-order valence-corrected chi connectivity index (χ3v) is 2.74. The highest BCUT2D eigenvalue weighted by molar-refractivity contribution is 7.71. The zero-order valence-electron chi connectivity index (χ0n) is 6.92. The van der Waals surface area contributed by atoms with Crippen LogP contribution in [0.15, 0.2) is 12.4 Å². The Hall–Kier alpha value is -0.700. The van der Waals surface area contributed by atoms with Gasteiger partial charge in [0.2, 0.25) is 0 Å². The predicted octanol–water partition coefficient (Wildman–Crippen LogP) is 2.80. The minimum absolute atomic E-state index is 0.580. The Labute approximate surface area is 77.0 Å². The van der Waals surface area contributed by atoms with Crippen LogP contribution >= 0.6 is 12.2 Å². The third kappa shape index (κ3) is 1.55. The second-order valence-electron chi connectivity index (χ2n) is 3.33. The van der Waals surface area contributed by atoms with Crippen LogP contribution in [0.2, 0.25) is 0 Å². The van der Waals surface area contributed by atoms with Gasteiger partial charge in [-0.25, -0.2) is 4.98 Å². The first-order valence-corrected chi connectivity index (χ1v) is 4.82. The predicted molar refractivity (Wildman–Crippen MR) is 50.6 cm³/mol. The molecule has 1 N–H and O–H groups in total. The molecule has 1 aliphatic rings. The molecule has 1 heterocycles. The van der Waals surface area contributed by atoms with E-state index in [-0.39, 0.29) is 0 Å². The molecule has 64 valence electrons. The van der Waals surface area contributed by atoms with Crippen molar-refractivity contribution >= 4 is 12.2 Å². The molecule has 1 saturated carbocycles. The van der Waals surface area contributed by atoms with Crippen LogP contribution in [0, 0.1) is 4.77 Å². The second-order valence-corrected chi connectivity index (χ2v) is 3.72. The highest BCUT2D eigenvalue weighted by atomic mass is 32.1. The number of hydrogen-bond acceptors (Lipinski definition) is 2. The average molecular weight is 180 g/mol. The Morgan fingerprint density at radius 1 is 1.42 bits per heavy atom. The Morgan fingerprint density at radius 2 is 2.17 bits per heavy atom. The van der Waals surface area contributed by atoms with Gasteiger partial charge >= 0.3 is 0 Å². The molecule has 0 radical (unpaired) electrons. The smallest absolute Gasteiger partial charge is 0.196 e. The van der Waals surface area contributed by atoms with Crippen LogP contribution in [0.3, 0.4) is 0 Å². The Balaban J connectivity index is 2.22. The van der Waals surface area contributed by atoms with E-state index < -0.39 is 0 Å². The van der Waals surface area contributed by atoms with E-state index in [1.54, 1.807) is 0 Å². The average Bonchev–Trinajstić information content (AvgIpc) is 2.58. The van der Waals surface area contributed by atoms with Gasteiger partial charge in [0.1, 0.15) is 0 Å². The van der Waals surface area contributed by atoms with Crippen LogP contribution in [0.1, 0.15) is 37.2 Å². The lowest BCUT2D eigenvalue weighted by Gasteiger charge is -2.06. The summed E-state index contributed by atoms with van der Waals surface area (Å²) in [5, 5.41) is 0. The molecule has 1 fully saturated rings. The fourth-order valence-electron chi connectivity index (χ4n) is 1.84. The Morgan fingerprint density at radius 3 is 2.75 bits per heavy atom. The summed E-state index contributed by atoms with van der Waals surface area (Å²) < 4.78 is 0.580. The first-order chi connectivity index (χ1) is 5.86. The lowest BCUT2D eigenvalue weighted by atomic mass is 10.0. The maximum atomic E-state index is 4.88. The summed E-state index contributed by atoms with van der Waals surface area (Å²) >= 11 is 4.88. The van der Waals surface area contributed by atoms with Crippen LogP contribution in [0.5, 0.6) is 0 Å². The van der Waals surface area contributed by atoms with Crippen molar-refractivity contribution in [3.8, 4) is 0 Å². The van der Waals surface area contributed by atoms with E-state index in [1.165, 1.54) is 31.2 Å². The van der Waals surface area contributed by atoms with Gasteiger partial charge in [-0.1, -0.05) is 12.8 Å². The maximum absolute atomic E-state index is 4.88. The molecule has 0 aliphatic heterocycles. The number of rotatable bonds is 1. The molecule has 1 aromatic heterocycles. The minimum atomic E-state index is 0.580. The largest absolute Gasteiger partial charge is 0.337 e. The normalized spacial score (nSPS) is 18.3. The summed E-state index contributed by atoms with van der Waals surface area (Å²) in [4.78, 5) is 7.06. The van der Waals surface area contributed by atoms with Crippen LogP contribution in [-0.2, 0) is 0 Å². The molecular weight excluding hydrogens is 168 g/mol. The molecule has 0 aromatic carbocycles. The molecule has 12 heavy (non-hydrogen) atoms. The fraction of sp³-hybridized carbons (Fsp3) is 0.556. The van der Waals surface area contributed by atoms with Gasteiger partial charge in [-0.3, -0.25) is 0 Å². The lowest BCUT2D eigenvalue weighted by molar-refractivity contribution is 0.713. The molecule has 0 spiro atoms. The first-order valence-electron chi connectivity index (χ1n) is 4.41. The maximum Gasteiger partial charge on any atom is 0.196 e. The highest BCUT2D eigenvalue weighted by Gasteiger charge is 2.16. The van der Waals surface area contributed by atoms with Crippen LogP contribution < -0.4 is 0 Å². The standard InChI is InChI=1S/C9H12N2S/c12-9-10-5-8(6-11-9)7-3-1-2-4-7/h5-7H,1-4H2,(H,10,11,12). The number of H-pyrrole nitrogens is 1. The quantitative estimate of drug-likeness (QED) is 0.673. The van der Waals surface area contributed by atoms with Gasteiger partial charge in [0.05, 0.1) is 0 Å². The molecule has 1 aliphatic carbocycles. The van der Waals surface area contributed by atoms with Crippen molar-refractivity contribution in [3.05, 3.63) is 22.7 Å². The highest BCUT2D eigenvalue weighted by Crippen LogP contribution is 2.32. The molecule has 0 unspecified atom stereocenters.